The largest absolute Gasteiger partial charge is 0.456 e. The Labute approximate surface area is 274 Å². The van der Waals surface area contributed by atoms with Gasteiger partial charge in [0.15, 0.2) is 17.5 Å². The van der Waals surface area contributed by atoms with Crippen LogP contribution in [-0.2, 0) is 0 Å². The van der Waals surface area contributed by atoms with E-state index in [0.717, 1.165) is 82.5 Å². The van der Waals surface area contributed by atoms with Crippen molar-refractivity contribution in [3.05, 3.63) is 152 Å². The van der Waals surface area contributed by atoms with Gasteiger partial charge in [0.25, 0.3) is 0 Å². The molecule has 48 heavy (non-hydrogen) atoms. The molecule has 0 atom stereocenters. The number of benzene rings is 7. The third kappa shape index (κ3) is 4.15. The molecule has 0 fully saturated rings. The average molecular weight is 616 g/mol. The minimum absolute atomic E-state index is 0.594. The van der Waals surface area contributed by atoms with Gasteiger partial charge in [-0.3, -0.25) is 0 Å². The van der Waals surface area contributed by atoms with Gasteiger partial charge in [0.2, 0.25) is 0 Å². The summed E-state index contributed by atoms with van der Waals surface area (Å²) in [4.78, 5) is 15.4. The number of rotatable bonds is 4. The maximum absolute atomic E-state index is 6.24. The van der Waals surface area contributed by atoms with Crippen molar-refractivity contribution in [1.29, 1.82) is 0 Å². The molecule has 0 aliphatic heterocycles. The van der Waals surface area contributed by atoms with Gasteiger partial charge in [0, 0.05) is 43.6 Å². The first-order chi connectivity index (χ1) is 23.8. The molecule has 0 saturated heterocycles. The van der Waals surface area contributed by atoms with E-state index in [1.165, 1.54) is 0 Å². The highest BCUT2D eigenvalue weighted by Crippen LogP contribution is 2.40. The molecule has 0 unspecified atom stereocenters. The van der Waals surface area contributed by atoms with E-state index in [1.807, 2.05) is 72.8 Å². The van der Waals surface area contributed by atoms with Crippen molar-refractivity contribution >= 4 is 54.6 Å². The van der Waals surface area contributed by atoms with E-state index in [9.17, 15) is 0 Å². The molecule has 224 valence electrons. The maximum Gasteiger partial charge on any atom is 0.164 e. The fourth-order valence-corrected chi connectivity index (χ4v) is 6.96. The van der Waals surface area contributed by atoms with Crippen molar-refractivity contribution in [3.63, 3.8) is 0 Å². The van der Waals surface area contributed by atoms with Crippen molar-refractivity contribution in [3.8, 4) is 45.3 Å². The van der Waals surface area contributed by atoms with E-state index >= 15 is 0 Å². The van der Waals surface area contributed by atoms with Crippen molar-refractivity contribution in [1.82, 2.24) is 15.0 Å². The number of fused-ring (bicyclic) bond motifs is 7. The van der Waals surface area contributed by atoms with Crippen molar-refractivity contribution in [2.24, 2.45) is 0 Å². The highest BCUT2D eigenvalue weighted by Gasteiger charge is 2.20. The van der Waals surface area contributed by atoms with Crippen LogP contribution in [0.2, 0.25) is 0 Å². The molecule has 3 aromatic heterocycles. The number of hydrogen-bond acceptors (Lipinski definition) is 5. The van der Waals surface area contributed by atoms with Crippen LogP contribution in [0.15, 0.2) is 160 Å². The summed E-state index contributed by atoms with van der Waals surface area (Å²) in [5.41, 5.74) is 8.34. The summed E-state index contributed by atoms with van der Waals surface area (Å²) in [6, 6.07) is 51.6. The zero-order chi connectivity index (χ0) is 31.6. The Bertz CT molecular complexity index is 2840. The summed E-state index contributed by atoms with van der Waals surface area (Å²) in [5, 5.41) is 6.39. The number of furan rings is 2. The maximum atomic E-state index is 6.24. The van der Waals surface area contributed by atoms with Crippen LogP contribution in [0.5, 0.6) is 0 Å². The summed E-state index contributed by atoms with van der Waals surface area (Å²) < 4.78 is 12.4. The second-order valence-corrected chi connectivity index (χ2v) is 12.0. The minimum atomic E-state index is 0.594. The molecular formula is C43H25N3O2. The molecule has 5 heteroatoms. The van der Waals surface area contributed by atoms with Crippen LogP contribution in [0.25, 0.3) is 99.9 Å². The Kier molecular flexibility index (Phi) is 5.81. The van der Waals surface area contributed by atoms with Gasteiger partial charge < -0.3 is 8.83 Å². The third-order valence-electron chi connectivity index (χ3n) is 9.14. The van der Waals surface area contributed by atoms with Crippen molar-refractivity contribution in [2.75, 3.05) is 0 Å². The lowest BCUT2D eigenvalue weighted by Gasteiger charge is -2.14. The average Bonchev–Trinajstić information content (AvgIpc) is 3.73. The zero-order valence-corrected chi connectivity index (χ0v) is 25.6. The Balaban J connectivity index is 1.24. The van der Waals surface area contributed by atoms with Gasteiger partial charge in [0.05, 0.1) is 0 Å². The van der Waals surface area contributed by atoms with Crippen LogP contribution in [-0.4, -0.2) is 15.0 Å². The first kappa shape index (κ1) is 26.6. The molecule has 0 radical (unpaired) electrons. The Hall–Kier alpha value is -6.59. The summed E-state index contributed by atoms with van der Waals surface area (Å²) in [6.07, 6.45) is 0. The molecule has 5 nitrogen and oxygen atoms in total. The lowest BCUT2D eigenvalue weighted by Crippen LogP contribution is -2.01. The molecule has 7 aromatic carbocycles. The summed E-state index contributed by atoms with van der Waals surface area (Å²) in [7, 11) is 0. The van der Waals surface area contributed by atoms with E-state index in [2.05, 4.69) is 78.9 Å². The molecule has 10 aromatic rings. The van der Waals surface area contributed by atoms with E-state index < -0.39 is 0 Å². The Morgan fingerprint density at radius 1 is 0.333 bits per heavy atom. The molecule has 0 amide bonds. The number of para-hydroxylation sites is 2. The fourth-order valence-electron chi connectivity index (χ4n) is 6.96. The smallest absolute Gasteiger partial charge is 0.164 e. The van der Waals surface area contributed by atoms with Gasteiger partial charge >= 0.3 is 0 Å². The highest BCUT2D eigenvalue weighted by atomic mass is 16.3. The molecule has 0 aliphatic rings. The fraction of sp³-hybridized carbons (Fsp3) is 0. The molecule has 10 rings (SSSR count). The van der Waals surface area contributed by atoms with Gasteiger partial charge in [-0.15, -0.1) is 0 Å². The molecular weight excluding hydrogens is 590 g/mol. The number of aromatic nitrogens is 3. The van der Waals surface area contributed by atoms with Crippen molar-refractivity contribution < 1.29 is 8.83 Å². The zero-order valence-electron chi connectivity index (χ0n) is 25.6. The second kappa shape index (κ2) is 10.5. The van der Waals surface area contributed by atoms with Gasteiger partial charge in [0.1, 0.15) is 22.3 Å². The molecule has 0 bridgehead atoms. The topological polar surface area (TPSA) is 65.0 Å². The molecule has 0 N–H and O–H groups in total. The first-order valence-electron chi connectivity index (χ1n) is 15.9. The van der Waals surface area contributed by atoms with Crippen LogP contribution >= 0.6 is 0 Å². The van der Waals surface area contributed by atoms with Gasteiger partial charge in [-0.1, -0.05) is 121 Å². The molecule has 0 saturated carbocycles. The Morgan fingerprint density at radius 3 is 1.69 bits per heavy atom. The summed E-state index contributed by atoms with van der Waals surface area (Å²) in [6.45, 7) is 0. The number of hydrogen-bond donors (Lipinski definition) is 0. The van der Waals surface area contributed by atoms with Crippen LogP contribution in [0.3, 0.4) is 0 Å². The van der Waals surface area contributed by atoms with Crippen LogP contribution < -0.4 is 0 Å². The van der Waals surface area contributed by atoms with E-state index in [-0.39, 0.29) is 0 Å². The monoisotopic (exact) mass is 615 g/mol. The van der Waals surface area contributed by atoms with E-state index in [0.29, 0.717) is 17.5 Å². The second-order valence-electron chi connectivity index (χ2n) is 12.0. The van der Waals surface area contributed by atoms with Crippen LogP contribution in [0.4, 0.5) is 0 Å². The summed E-state index contributed by atoms with van der Waals surface area (Å²) >= 11 is 0. The normalized spacial score (nSPS) is 11.8. The van der Waals surface area contributed by atoms with Crippen LogP contribution in [0.1, 0.15) is 0 Å². The standard InChI is InChI=1S/C43H25N3O2/c1-2-11-27(12-3-1)41-44-42(46-43(45-41)33-19-10-22-38-40(33)31-16-5-7-21-36(31)48-38)32-18-9-14-26-13-8-17-29(39(26)32)28-23-24-37-34(25-28)30-15-4-6-20-35(30)47-37/h1-25H. The molecule has 0 spiro atoms. The van der Waals surface area contributed by atoms with E-state index in [1.54, 1.807) is 0 Å². The predicted octanol–water partition coefficient (Wildman–Crippen LogP) is 11.5. The number of nitrogens with zero attached hydrogens (tertiary/aromatic N) is 3. The SMILES string of the molecule is c1ccc(-c2nc(-c3cccc4cccc(-c5ccc6oc7ccccc7c6c5)c34)nc(-c3cccc4oc5ccccc5c34)n2)cc1. The quantitative estimate of drug-likeness (QED) is 0.197. The van der Waals surface area contributed by atoms with Crippen LogP contribution in [0, 0.1) is 0 Å². The predicted molar refractivity (Wildman–Crippen MR) is 194 cm³/mol. The van der Waals surface area contributed by atoms with E-state index in [4.69, 9.17) is 23.8 Å². The highest BCUT2D eigenvalue weighted by molar-refractivity contribution is 6.12. The molecule has 3 heterocycles. The molecule has 0 aliphatic carbocycles. The third-order valence-corrected chi connectivity index (χ3v) is 9.14. The first-order valence-corrected chi connectivity index (χ1v) is 15.9. The van der Waals surface area contributed by atoms with Gasteiger partial charge in [-0.05, 0) is 46.8 Å². The summed E-state index contributed by atoms with van der Waals surface area (Å²) in [5.74, 6) is 1.81. The lowest BCUT2D eigenvalue weighted by molar-refractivity contribution is 0.668. The lowest BCUT2D eigenvalue weighted by atomic mass is 9.93. The van der Waals surface area contributed by atoms with Gasteiger partial charge in [-0.2, -0.15) is 0 Å². The minimum Gasteiger partial charge on any atom is -0.456 e. The Morgan fingerprint density at radius 2 is 0.896 bits per heavy atom. The van der Waals surface area contributed by atoms with Crippen molar-refractivity contribution in [2.45, 2.75) is 0 Å². The van der Waals surface area contributed by atoms with Gasteiger partial charge in [-0.25, -0.2) is 15.0 Å².